The number of piperidine rings is 1. The number of halogens is 2. The van der Waals surface area contributed by atoms with E-state index in [1.54, 1.807) is 35.0 Å². The fourth-order valence-electron chi connectivity index (χ4n) is 5.50. The molecule has 188 valence electrons. The van der Waals surface area contributed by atoms with Crippen molar-refractivity contribution in [1.29, 1.82) is 0 Å². The van der Waals surface area contributed by atoms with E-state index in [9.17, 15) is 14.0 Å². The van der Waals surface area contributed by atoms with Crippen molar-refractivity contribution >= 4 is 45.6 Å². The average Bonchev–Trinajstić information content (AvgIpc) is 3.50. The number of amides is 1. The van der Waals surface area contributed by atoms with E-state index in [4.69, 9.17) is 11.6 Å². The van der Waals surface area contributed by atoms with E-state index in [0.29, 0.717) is 35.2 Å². The molecule has 1 N–H and O–H groups in total. The van der Waals surface area contributed by atoms with E-state index in [2.05, 4.69) is 28.4 Å². The number of benzene rings is 3. The summed E-state index contributed by atoms with van der Waals surface area (Å²) >= 11 is 6.26. The van der Waals surface area contributed by atoms with Crippen LogP contribution in [-0.2, 0) is 6.54 Å². The highest BCUT2D eigenvalue weighted by Crippen LogP contribution is 2.35. The first-order valence-electron chi connectivity index (χ1n) is 12.4. The maximum atomic E-state index is 14.2. The van der Waals surface area contributed by atoms with Crippen molar-refractivity contribution in [3.63, 3.8) is 0 Å². The van der Waals surface area contributed by atoms with Crippen LogP contribution in [0.1, 0.15) is 33.6 Å². The molecule has 1 saturated heterocycles. The number of nitrogens with one attached hydrogen (secondary N) is 1. The summed E-state index contributed by atoms with van der Waals surface area (Å²) in [5, 5.41) is 4.68. The summed E-state index contributed by atoms with van der Waals surface area (Å²) in [7, 11) is 0. The molecule has 8 heteroatoms. The first-order valence-corrected chi connectivity index (χ1v) is 12.8. The number of nitrogens with zero attached hydrogens (tertiary/aromatic N) is 3. The van der Waals surface area contributed by atoms with Crippen molar-refractivity contribution in [2.75, 3.05) is 30.0 Å². The van der Waals surface area contributed by atoms with Gasteiger partial charge in [0, 0.05) is 35.7 Å². The zero-order chi connectivity index (χ0) is 25.5. The van der Waals surface area contributed by atoms with Crippen LogP contribution in [0, 0.1) is 5.82 Å². The van der Waals surface area contributed by atoms with Gasteiger partial charge in [-0.25, -0.2) is 4.39 Å². The highest BCUT2D eigenvalue weighted by Gasteiger charge is 2.31. The van der Waals surface area contributed by atoms with E-state index in [1.807, 2.05) is 17.0 Å². The molecular formula is C29H26ClFN4O2. The molecule has 0 spiro atoms. The normalized spacial score (nSPS) is 15.6. The van der Waals surface area contributed by atoms with Crippen molar-refractivity contribution in [2.45, 2.75) is 25.4 Å². The Labute approximate surface area is 219 Å². The average molecular weight is 517 g/mol. The summed E-state index contributed by atoms with van der Waals surface area (Å²) in [6.07, 6.45) is 3.45. The third-order valence-electron chi connectivity index (χ3n) is 7.41. The molecule has 37 heavy (non-hydrogen) atoms. The van der Waals surface area contributed by atoms with Gasteiger partial charge in [-0.15, -0.1) is 0 Å². The Morgan fingerprint density at radius 1 is 0.973 bits per heavy atom. The van der Waals surface area contributed by atoms with Crippen LogP contribution in [0.5, 0.6) is 0 Å². The zero-order valence-electron chi connectivity index (χ0n) is 20.2. The van der Waals surface area contributed by atoms with E-state index in [-0.39, 0.29) is 23.8 Å². The second kappa shape index (κ2) is 9.56. The molecule has 2 aliphatic heterocycles. The number of aromatic nitrogens is 1. The SMILES string of the molecule is O=C(Cn1cc(C(=O)N2CCC(N3CNc4ccccc43)CC2)c2ccc(Cl)cc21)c1ccccc1F. The molecule has 0 atom stereocenters. The van der Waals surface area contributed by atoms with Gasteiger partial charge in [0.1, 0.15) is 5.82 Å². The number of carbonyl (C=O) groups excluding carboxylic acids is 2. The Hall–Kier alpha value is -3.84. The first kappa shape index (κ1) is 23.6. The molecule has 6 rings (SSSR count). The van der Waals surface area contributed by atoms with E-state index in [0.717, 1.165) is 30.6 Å². The van der Waals surface area contributed by atoms with Gasteiger partial charge in [0.25, 0.3) is 5.91 Å². The van der Waals surface area contributed by atoms with Gasteiger partial charge in [0.2, 0.25) is 0 Å². The third kappa shape index (κ3) is 4.33. The predicted molar refractivity (Wildman–Crippen MR) is 144 cm³/mol. The number of Topliss-reactive ketones (excluding diaryl/α,β-unsaturated/α-hetero) is 1. The van der Waals surface area contributed by atoms with Gasteiger partial charge < -0.3 is 19.7 Å². The standard InChI is InChI=1S/C29H26ClFN4O2/c30-19-9-10-21-23(16-34(27(21)15-19)17-28(36)22-5-1-2-6-24(22)31)29(37)33-13-11-20(12-14-33)35-18-32-25-7-3-4-8-26(25)35/h1-10,15-16,20,32H,11-14,17-18H2. The van der Waals surface area contributed by atoms with E-state index < -0.39 is 5.82 Å². The Bertz CT molecular complexity index is 1510. The smallest absolute Gasteiger partial charge is 0.256 e. The maximum absolute atomic E-state index is 14.2. The molecule has 1 aromatic heterocycles. The maximum Gasteiger partial charge on any atom is 0.256 e. The Balaban J connectivity index is 1.22. The van der Waals surface area contributed by atoms with Crippen LogP contribution in [0.2, 0.25) is 5.02 Å². The molecule has 4 aromatic rings. The number of anilines is 2. The highest BCUT2D eigenvalue weighted by atomic mass is 35.5. The molecule has 0 unspecified atom stereocenters. The molecular weight excluding hydrogens is 491 g/mol. The second-order valence-electron chi connectivity index (χ2n) is 9.58. The minimum Gasteiger partial charge on any atom is -0.366 e. The molecule has 3 aromatic carbocycles. The van der Waals surface area contributed by atoms with Crippen molar-refractivity contribution in [2.24, 2.45) is 0 Å². The number of carbonyl (C=O) groups is 2. The van der Waals surface area contributed by atoms with Crippen molar-refractivity contribution < 1.29 is 14.0 Å². The quantitative estimate of drug-likeness (QED) is 0.340. The zero-order valence-corrected chi connectivity index (χ0v) is 20.9. The van der Waals surface area contributed by atoms with Crippen LogP contribution in [0.4, 0.5) is 15.8 Å². The van der Waals surface area contributed by atoms with Gasteiger partial charge in [0.15, 0.2) is 5.78 Å². The lowest BCUT2D eigenvalue weighted by atomic mass is 10.0. The van der Waals surface area contributed by atoms with Gasteiger partial charge in [-0.2, -0.15) is 0 Å². The molecule has 0 aliphatic carbocycles. The van der Waals surface area contributed by atoms with Gasteiger partial charge >= 0.3 is 0 Å². The highest BCUT2D eigenvalue weighted by molar-refractivity contribution is 6.31. The number of rotatable bonds is 5. The molecule has 1 amide bonds. The molecule has 1 fully saturated rings. The third-order valence-corrected chi connectivity index (χ3v) is 7.64. The van der Waals surface area contributed by atoms with Gasteiger partial charge in [-0.1, -0.05) is 41.9 Å². The molecule has 0 radical (unpaired) electrons. The van der Waals surface area contributed by atoms with E-state index in [1.165, 1.54) is 17.8 Å². The molecule has 0 bridgehead atoms. The molecule has 3 heterocycles. The summed E-state index contributed by atoms with van der Waals surface area (Å²) in [6, 6.07) is 19.9. The number of para-hydroxylation sites is 2. The van der Waals surface area contributed by atoms with Crippen LogP contribution in [0.3, 0.4) is 0 Å². The summed E-state index contributed by atoms with van der Waals surface area (Å²) in [4.78, 5) is 30.8. The fraction of sp³-hybridized carbons (Fsp3) is 0.241. The van der Waals surface area contributed by atoms with Gasteiger partial charge in [0.05, 0.1) is 41.2 Å². The number of ketones is 1. The van der Waals surface area contributed by atoms with E-state index >= 15 is 0 Å². The summed E-state index contributed by atoms with van der Waals surface area (Å²) in [5.41, 5.74) is 3.60. The van der Waals surface area contributed by atoms with Crippen LogP contribution >= 0.6 is 11.6 Å². The summed E-state index contributed by atoms with van der Waals surface area (Å²) in [6.45, 7) is 1.99. The van der Waals surface area contributed by atoms with Crippen molar-refractivity contribution in [3.05, 3.63) is 94.9 Å². The number of likely N-dealkylation sites (tertiary alicyclic amines) is 1. The topological polar surface area (TPSA) is 57.6 Å². The molecule has 0 saturated carbocycles. The number of hydrogen-bond acceptors (Lipinski definition) is 4. The summed E-state index contributed by atoms with van der Waals surface area (Å²) in [5.74, 6) is -0.992. The molecule has 6 nitrogen and oxygen atoms in total. The lowest BCUT2D eigenvalue weighted by Crippen LogP contribution is -2.46. The first-order chi connectivity index (χ1) is 18.0. The predicted octanol–water partition coefficient (Wildman–Crippen LogP) is 5.81. The van der Waals surface area contributed by atoms with Crippen LogP contribution in [0.15, 0.2) is 72.9 Å². The monoisotopic (exact) mass is 516 g/mol. The Kier molecular flexibility index (Phi) is 6.08. The number of fused-ring (bicyclic) bond motifs is 2. The van der Waals surface area contributed by atoms with Crippen molar-refractivity contribution in [1.82, 2.24) is 9.47 Å². The largest absolute Gasteiger partial charge is 0.366 e. The van der Waals surface area contributed by atoms with Crippen LogP contribution in [0.25, 0.3) is 10.9 Å². The summed E-state index contributed by atoms with van der Waals surface area (Å²) < 4.78 is 15.9. The van der Waals surface area contributed by atoms with Gasteiger partial charge in [-0.3, -0.25) is 9.59 Å². The lowest BCUT2D eigenvalue weighted by molar-refractivity contribution is 0.0714. The van der Waals surface area contributed by atoms with Crippen LogP contribution in [-0.4, -0.2) is 47.0 Å². The second-order valence-corrected chi connectivity index (χ2v) is 10.0. The van der Waals surface area contributed by atoms with Gasteiger partial charge in [-0.05, 0) is 49.2 Å². The minimum absolute atomic E-state index is 0.0271. The fourth-order valence-corrected chi connectivity index (χ4v) is 5.67. The minimum atomic E-state index is -0.558. The van der Waals surface area contributed by atoms with Crippen molar-refractivity contribution in [3.8, 4) is 0 Å². The molecule has 2 aliphatic rings. The number of hydrogen-bond donors (Lipinski definition) is 1. The van der Waals surface area contributed by atoms with Crippen LogP contribution < -0.4 is 10.2 Å². The lowest BCUT2D eigenvalue weighted by Gasteiger charge is -2.37. The Morgan fingerprint density at radius 3 is 2.54 bits per heavy atom. The Morgan fingerprint density at radius 2 is 1.73 bits per heavy atom.